The van der Waals surface area contributed by atoms with Crippen LogP contribution < -0.4 is 0 Å². The van der Waals surface area contributed by atoms with Gasteiger partial charge in [-0.2, -0.15) is 4.99 Å². The number of carbonyl (C=O) groups excluding carboxylic acids is 2. The third kappa shape index (κ3) is 3.17. The Morgan fingerprint density at radius 2 is 1.62 bits per heavy atom. The number of aliphatic hydroxyl groups is 1. The molecule has 0 saturated heterocycles. The van der Waals surface area contributed by atoms with Crippen LogP contribution in [0.3, 0.4) is 0 Å². The maximum absolute atomic E-state index is 12.4. The second-order valence-corrected chi connectivity index (χ2v) is 5.56. The van der Waals surface area contributed by atoms with Gasteiger partial charge in [-0.05, 0) is 19.1 Å². The molecule has 3 rings (SSSR count). The van der Waals surface area contributed by atoms with Crippen LogP contribution in [-0.2, 0) is 9.53 Å². The van der Waals surface area contributed by atoms with Crippen molar-refractivity contribution in [3.05, 3.63) is 82.6 Å². The van der Waals surface area contributed by atoms with Crippen LogP contribution in [-0.4, -0.2) is 35.6 Å². The highest BCUT2D eigenvalue weighted by atomic mass is 16.5. The molecule has 0 aromatic heterocycles. The summed E-state index contributed by atoms with van der Waals surface area (Å²) in [6.45, 7) is 1.38. The number of esters is 1. The summed E-state index contributed by atoms with van der Waals surface area (Å²) in [5.74, 6) is -1.19. The van der Waals surface area contributed by atoms with Crippen molar-refractivity contribution in [2.24, 2.45) is 9.98 Å². The first kappa shape index (κ1) is 17.3. The fourth-order valence-electron chi connectivity index (χ4n) is 2.65. The van der Waals surface area contributed by atoms with Crippen molar-refractivity contribution in [3.8, 4) is 0 Å². The Kier molecular flexibility index (Phi) is 4.75. The van der Waals surface area contributed by atoms with E-state index in [1.165, 1.54) is 14.0 Å². The SMILES string of the molecule is COC(=O)C(C1=NC(=NC(=O)c2ccccc2)c2ccccc21)=C(C)O. The van der Waals surface area contributed by atoms with Crippen molar-refractivity contribution in [1.29, 1.82) is 0 Å². The molecule has 1 aliphatic rings. The van der Waals surface area contributed by atoms with Gasteiger partial charge in [0.25, 0.3) is 5.91 Å². The van der Waals surface area contributed by atoms with E-state index in [0.717, 1.165) is 0 Å². The number of allylic oxidation sites excluding steroid dienone is 1. The van der Waals surface area contributed by atoms with Crippen molar-refractivity contribution in [2.45, 2.75) is 6.92 Å². The number of methoxy groups -OCH3 is 1. The van der Waals surface area contributed by atoms with Gasteiger partial charge in [0.15, 0.2) is 5.84 Å². The van der Waals surface area contributed by atoms with Crippen LogP contribution in [0.4, 0.5) is 0 Å². The van der Waals surface area contributed by atoms with Crippen LogP contribution in [0.2, 0.25) is 0 Å². The lowest BCUT2D eigenvalue weighted by Gasteiger charge is -2.07. The molecule has 26 heavy (non-hydrogen) atoms. The molecule has 0 atom stereocenters. The van der Waals surface area contributed by atoms with E-state index >= 15 is 0 Å². The van der Waals surface area contributed by atoms with E-state index in [-0.39, 0.29) is 22.9 Å². The zero-order valence-corrected chi connectivity index (χ0v) is 14.3. The summed E-state index contributed by atoms with van der Waals surface area (Å²) in [4.78, 5) is 32.9. The number of hydrogen-bond acceptors (Lipinski definition) is 4. The minimum atomic E-state index is -0.714. The lowest BCUT2D eigenvalue weighted by atomic mass is 9.99. The molecule has 1 amide bonds. The van der Waals surface area contributed by atoms with E-state index in [4.69, 9.17) is 4.74 Å². The number of carbonyl (C=O) groups is 2. The standard InChI is InChI=1S/C20H16N2O4/c1-12(23)16(20(25)26-2)17-14-10-6-7-11-15(14)18(21-17)22-19(24)13-8-4-3-5-9-13/h3-11,23H,1-2H3. The number of benzene rings is 2. The number of fused-ring (bicyclic) bond motifs is 1. The number of amidine groups is 1. The minimum absolute atomic E-state index is 0.0580. The van der Waals surface area contributed by atoms with E-state index < -0.39 is 11.9 Å². The van der Waals surface area contributed by atoms with E-state index in [9.17, 15) is 14.7 Å². The van der Waals surface area contributed by atoms with Gasteiger partial charge in [-0.3, -0.25) is 4.79 Å². The molecule has 0 saturated carbocycles. The van der Waals surface area contributed by atoms with Gasteiger partial charge >= 0.3 is 5.97 Å². The van der Waals surface area contributed by atoms with E-state index in [1.54, 1.807) is 48.5 Å². The molecule has 1 aliphatic heterocycles. The van der Waals surface area contributed by atoms with Gasteiger partial charge in [-0.25, -0.2) is 9.79 Å². The summed E-state index contributed by atoms with van der Waals surface area (Å²) in [5.41, 5.74) is 1.81. The summed E-state index contributed by atoms with van der Waals surface area (Å²) < 4.78 is 4.74. The van der Waals surface area contributed by atoms with E-state index in [1.807, 2.05) is 6.07 Å². The first-order valence-corrected chi connectivity index (χ1v) is 7.88. The quantitative estimate of drug-likeness (QED) is 0.524. The van der Waals surface area contributed by atoms with Crippen LogP contribution in [0.25, 0.3) is 0 Å². The van der Waals surface area contributed by atoms with Crippen molar-refractivity contribution in [3.63, 3.8) is 0 Å². The summed E-state index contributed by atoms with van der Waals surface area (Å²) in [7, 11) is 1.22. The molecule has 1 N–H and O–H groups in total. The number of amides is 1. The molecule has 0 spiro atoms. The van der Waals surface area contributed by atoms with Crippen LogP contribution >= 0.6 is 0 Å². The molecule has 2 aromatic carbocycles. The molecule has 130 valence electrons. The number of nitrogens with zero attached hydrogens (tertiary/aromatic N) is 2. The van der Waals surface area contributed by atoms with Crippen LogP contribution in [0.15, 0.2) is 75.9 Å². The molecule has 0 fully saturated rings. The second kappa shape index (κ2) is 7.14. The molecule has 6 nitrogen and oxygen atoms in total. The second-order valence-electron chi connectivity index (χ2n) is 5.56. The summed E-state index contributed by atoms with van der Waals surface area (Å²) in [5, 5.41) is 9.94. The zero-order chi connectivity index (χ0) is 18.7. The van der Waals surface area contributed by atoms with Crippen LogP contribution in [0, 0.1) is 0 Å². The van der Waals surface area contributed by atoms with Gasteiger partial charge in [0.05, 0.1) is 12.8 Å². The van der Waals surface area contributed by atoms with Gasteiger partial charge in [-0.1, -0.05) is 42.5 Å². The average Bonchev–Trinajstić information content (AvgIpc) is 3.00. The molecule has 6 heteroatoms. The monoisotopic (exact) mass is 348 g/mol. The van der Waals surface area contributed by atoms with Gasteiger partial charge in [0.2, 0.25) is 0 Å². The molecule has 0 aliphatic carbocycles. The predicted molar refractivity (Wildman–Crippen MR) is 97.6 cm³/mol. The summed E-state index contributed by atoms with van der Waals surface area (Å²) >= 11 is 0. The van der Waals surface area contributed by atoms with Crippen molar-refractivity contribution < 1.29 is 19.4 Å². The first-order chi connectivity index (χ1) is 12.5. The lowest BCUT2D eigenvalue weighted by molar-refractivity contribution is -0.135. The van der Waals surface area contributed by atoms with Crippen molar-refractivity contribution >= 4 is 23.4 Å². The Bertz CT molecular complexity index is 968. The molecular weight excluding hydrogens is 332 g/mol. The number of rotatable bonds is 3. The Labute approximate surface area is 150 Å². The Morgan fingerprint density at radius 3 is 2.23 bits per heavy atom. The largest absolute Gasteiger partial charge is 0.512 e. The molecule has 0 radical (unpaired) electrons. The van der Waals surface area contributed by atoms with Crippen LogP contribution in [0.1, 0.15) is 28.4 Å². The van der Waals surface area contributed by atoms with Crippen molar-refractivity contribution in [1.82, 2.24) is 0 Å². The topological polar surface area (TPSA) is 88.3 Å². The maximum Gasteiger partial charge on any atom is 0.343 e. The highest BCUT2D eigenvalue weighted by Crippen LogP contribution is 2.25. The molecule has 1 heterocycles. The van der Waals surface area contributed by atoms with E-state index in [2.05, 4.69) is 9.98 Å². The number of aliphatic imine (C=N–C) groups is 2. The summed E-state index contributed by atoms with van der Waals surface area (Å²) in [6, 6.07) is 15.7. The van der Waals surface area contributed by atoms with Crippen molar-refractivity contribution in [2.75, 3.05) is 7.11 Å². The fourth-order valence-corrected chi connectivity index (χ4v) is 2.65. The normalized spacial score (nSPS) is 15.2. The highest BCUT2D eigenvalue weighted by molar-refractivity contribution is 6.36. The van der Waals surface area contributed by atoms with Gasteiger partial charge < -0.3 is 9.84 Å². The number of ether oxygens (including phenoxy) is 1. The molecule has 2 aromatic rings. The molecule has 0 unspecified atom stereocenters. The lowest BCUT2D eigenvalue weighted by Crippen LogP contribution is -2.16. The first-order valence-electron chi connectivity index (χ1n) is 7.88. The smallest absolute Gasteiger partial charge is 0.343 e. The summed E-state index contributed by atoms with van der Waals surface area (Å²) in [6.07, 6.45) is 0. The zero-order valence-electron chi connectivity index (χ0n) is 14.3. The van der Waals surface area contributed by atoms with Gasteiger partial charge in [0.1, 0.15) is 11.3 Å². The van der Waals surface area contributed by atoms with E-state index in [0.29, 0.717) is 16.7 Å². The maximum atomic E-state index is 12.4. The van der Waals surface area contributed by atoms with Crippen LogP contribution in [0.5, 0.6) is 0 Å². The Morgan fingerprint density at radius 1 is 1.00 bits per heavy atom. The Hall–Kier alpha value is -3.54. The highest BCUT2D eigenvalue weighted by Gasteiger charge is 2.30. The number of hydrogen-bond donors (Lipinski definition) is 1. The molecule has 0 bridgehead atoms. The average molecular weight is 348 g/mol. The predicted octanol–water partition coefficient (Wildman–Crippen LogP) is 3.08. The van der Waals surface area contributed by atoms with Gasteiger partial charge in [0, 0.05) is 16.7 Å². The Balaban J connectivity index is 2.12. The minimum Gasteiger partial charge on any atom is -0.512 e. The third-order valence-corrected chi connectivity index (χ3v) is 3.86. The fraction of sp³-hybridized carbons (Fsp3) is 0.100. The van der Waals surface area contributed by atoms with Gasteiger partial charge in [-0.15, -0.1) is 0 Å². The number of aliphatic hydroxyl groups excluding tert-OH is 1. The molecular formula is C20H16N2O4. The third-order valence-electron chi connectivity index (χ3n) is 3.86.